The summed E-state index contributed by atoms with van der Waals surface area (Å²) in [5.74, 6) is 0.267. The van der Waals surface area contributed by atoms with E-state index in [0.717, 1.165) is 10.6 Å². The van der Waals surface area contributed by atoms with Crippen molar-refractivity contribution in [3.8, 4) is 0 Å². The van der Waals surface area contributed by atoms with Gasteiger partial charge in [-0.05, 0) is 23.9 Å². The Morgan fingerprint density at radius 1 is 1.21 bits per heavy atom. The molecule has 19 heavy (non-hydrogen) atoms. The Hall–Kier alpha value is -1.87. The zero-order valence-corrected chi connectivity index (χ0v) is 11.5. The van der Waals surface area contributed by atoms with Crippen molar-refractivity contribution in [3.05, 3.63) is 63.9 Å². The third-order valence-corrected chi connectivity index (χ3v) is 4.24. The standard InChI is InChI=1S/C16H15NOS/c1-11-4-6-12(7-5-11)13-9-14(17-16(18)10-13)15-3-2-8-19-15/h2-9,13H,10H2,1H3,(H,17,18). The van der Waals surface area contributed by atoms with Gasteiger partial charge in [-0.1, -0.05) is 42.0 Å². The molecule has 1 unspecified atom stereocenters. The lowest BCUT2D eigenvalue weighted by Gasteiger charge is -2.21. The lowest BCUT2D eigenvalue weighted by Crippen LogP contribution is -2.27. The summed E-state index contributed by atoms with van der Waals surface area (Å²) in [6.45, 7) is 2.07. The Bertz CT molecular complexity index is 611. The van der Waals surface area contributed by atoms with Crippen LogP contribution in [-0.4, -0.2) is 5.91 Å². The molecule has 1 amide bonds. The number of allylic oxidation sites excluding steroid dienone is 1. The first-order chi connectivity index (χ1) is 9.22. The number of hydrogen-bond acceptors (Lipinski definition) is 2. The molecule has 1 atom stereocenters. The Labute approximate surface area is 116 Å². The van der Waals surface area contributed by atoms with E-state index in [2.05, 4.69) is 42.6 Å². The van der Waals surface area contributed by atoms with Crippen molar-refractivity contribution in [3.63, 3.8) is 0 Å². The normalized spacial score (nSPS) is 18.9. The van der Waals surface area contributed by atoms with Crippen LogP contribution in [0.25, 0.3) is 5.70 Å². The van der Waals surface area contributed by atoms with E-state index < -0.39 is 0 Å². The van der Waals surface area contributed by atoms with Crippen molar-refractivity contribution in [1.82, 2.24) is 5.32 Å². The molecule has 3 heteroatoms. The van der Waals surface area contributed by atoms with Gasteiger partial charge in [-0.2, -0.15) is 0 Å². The fourth-order valence-corrected chi connectivity index (χ4v) is 3.01. The van der Waals surface area contributed by atoms with E-state index in [9.17, 15) is 4.79 Å². The summed E-state index contributed by atoms with van der Waals surface area (Å²) in [7, 11) is 0. The van der Waals surface area contributed by atoms with Gasteiger partial charge in [0, 0.05) is 12.3 Å². The number of aryl methyl sites for hydroxylation is 1. The van der Waals surface area contributed by atoms with Crippen LogP contribution >= 0.6 is 11.3 Å². The molecule has 96 valence electrons. The minimum Gasteiger partial charge on any atom is -0.325 e. The van der Waals surface area contributed by atoms with E-state index in [1.165, 1.54) is 11.1 Å². The highest BCUT2D eigenvalue weighted by Crippen LogP contribution is 2.30. The highest BCUT2D eigenvalue weighted by molar-refractivity contribution is 7.11. The number of amides is 1. The number of rotatable bonds is 2. The summed E-state index contributed by atoms with van der Waals surface area (Å²) in [4.78, 5) is 13.0. The van der Waals surface area contributed by atoms with Gasteiger partial charge >= 0.3 is 0 Å². The lowest BCUT2D eigenvalue weighted by atomic mass is 9.91. The van der Waals surface area contributed by atoms with Crippen molar-refractivity contribution in [2.75, 3.05) is 0 Å². The van der Waals surface area contributed by atoms with Gasteiger partial charge in [0.2, 0.25) is 5.91 Å². The topological polar surface area (TPSA) is 29.1 Å². The van der Waals surface area contributed by atoms with Crippen LogP contribution in [-0.2, 0) is 4.79 Å². The van der Waals surface area contributed by atoms with Crippen LogP contribution in [0, 0.1) is 6.92 Å². The van der Waals surface area contributed by atoms with E-state index in [0.29, 0.717) is 6.42 Å². The van der Waals surface area contributed by atoms with Gasteiger partial charge in [0.05, 0.1) is 10.6 Å². The van der Waals surface area contributed by atoms with Gasteiger partial charge in [0.1, 0.15) is 0 Å². The van der Waals surface area contributed by atoms with E-state index in [1.54, 1.807) is 11.3 Å². The highest BCUT2D eigenvalue weighted by atomic mass is 32.1. The molecular formula is C16H15NOS. The molecule has 2 aromatic rings. The molecule has 0 spiro atoms. The third-order valence-electron chi connectivity index (χ3n) is 3.34. The summed E-state index contributed by atoms with van der Waals surface area (Å²) in [5, 5.41) is 4.99. The Balaban J connectivity index is 1.95. The zero-order chi connectivity index (χ0) is 13.2. The van der Waals surface area contributed by atoms with Crippen LogP contribution in [0.2, 0.25) is 0 Å². The molecule has 0 saturated carbocycles. The third kappa shape index (κ3) is 2.61. The smallest absolute Gasteiger partial charge is 0.225 e. The Kier molecular flexibility index (Phi) is 3.22. The second-order valence-corrected chi connectivity index (χ2v) is 5.77. The fraction of sp³-hybridized carbons (Fsp3) is 0.188. The zero-order valence-electron chi connectivity index (χ0n) is 10.7. The van der Waals surface area contributed by atoms with Crippen LogP contribution in [0.3, 0.4) is 0 Å². The van der Waals surface area contributed by atoms with Crippen molar-refractivity contribution < 1.29 is 4.79 Å². The van der Waals surface area contributed by atoms with E-state index in [-0.39, 0.29) is 11.8 Å². The van der Waals surface area contributed by atoms with Crippen LogP contribution < -0.4 is 5.32 Å². The van der Waals surface area contributed by atoms with Gasteiger partial charge in [0.15, 0.2) is 0 Å². The van der Waals surface area contributed by atoms with Crippen LogP contribution in [0.4, 0.5) is 0 Å². The fourth-order valence-electron chi connectivity index (χ4n) is 2.31. The average molecular weight is 269 g/mol. The molecule has 1 aliphatic rings. The quantitative estimate of drug-likeness (QED) is 0.885. The van der Waals surface area contributed by atoms with Gasteiger partial charge in [-0.15, -0.1) is 11.3 Å². The molecule has 0 radical (unpaired) electrons. The predicted molar refractivity (Wildman–Crippen MR) is 79.0 cm³/mol. The van der Waals surface area contributed by atoms with E-state index >= 15 is 0 Å². The predicted octanol–water partition coefficient (Wildman–Crippen LogP) is 3.70. The van der Waals surface area contributed by atoms with Gasteiger partial charge in [0.25, 0.3) is 0 Å². The number of thiophene rings is 1. The molecule has 1 aliphatic heterocycles. The summed E-state index contributed by atoms with van der Waals surface area (Å²) >= 11 is 1.65. The van der Waals surface area contributed by atoms with Crippen LogP contribution in [0.5, 0.6) is 0 Å². The molecule has 0 bridgehead atoms. The van der Waals surface area contributed by atoms with E-state index in [4.69, 9.17) is 0 Å². The highest BCUT2D eigenvalue weighted by Gasteiger charge is 2.21. The largest absolute Gasteiger partial charge is 0.325 e. The van der Waals surface area contributed by atoms with Crippen LogP contribution in [0.15, 0.2) is 47.9 Å². The minimum atomic E-state index is 0.0940. The van der Waals surface area contributed by atoms with Gasteiger partial charge in [-0.3, -0.25) is 4.79 Å². The summed E-state index contributed by atoms with van der Waals surface area (Å²) in [6, 6.07) is 12.5. The van der Waals surface area contributed by atoms with E-state index in [1.807, 2.05) is 17.5 Å². The maximum Gasteiger partial charge on any atom is 0.225 e. The molecule has 0 saturated heterocycles. The second kappa shape index (κ2) is 5.02. The summed E-state index contributed by atoms with van der Waals surface area (Å²) < 4.78 is 0. The number of benzene rings is 1. The molecular weight excluding hydrogens is 254 g/mol. The molecule has 3 rings (SSSR count). The molecule has 0 fully saturated rings. The first-order valence-electron chi connectivity index (χ1n) is 6.34. The first kappa shape index (κ1) is 12.2. The molecule has 1 aromatic heterocycles. The number of carbonyl (C=O) groups is 1. The monoisotopic (exact) mass is 269 g/mol. The maximum absolute atomic E-state index is 11.9. The maximum atomic E-state index is 11.9. The SMILES string of the molecule is Cc1ccc(C2C=C(c3cccs3)NC(=O)C2)cc1. The van der Waals surface area contributed by atoms with Crippen molar-refractivity contribution in [1.29, 1.82) is 0 Å². The number of nitrogens with one attached hydrogen (secondary N) is 1. The molecule has 2 heterocycles. The molecule has 1 N–H and O–H groups in total. The van der Waals surface area contributed by atoms with Crippen molar-refractivity contribution >= 4 is 22.9 Å². The molecule has 1 aromatic carbocycles. The Morgan fingerprint density at radius 3 is 2.68 bits per heavy atom. The number of hydrogen-bond donors (Lipinski definition) is 1. The first-order valence-corrected chi connectivity index (χ1v) is 7.22. The lowest BCUT2D eigenvalue weighted by molar-refractivity contribution is -0.120. The molecule has 0 aliphatic carbocycles. The van der Waals surface area contributed by atoms with Gasteiger partial charge < -0.3 is 5.32 Å². The minimum absolute atomic E-state index is 0.0940. The summed E-state index contributed by atoms with van der Waals surface area (Å²) in [6.07, 6.45) is 2.69. The average Bonchev–Trinajstić information content (AvgIpc) is 2.93. The van der Waals surface area contributed by atoms with Crippen LogP contribution in [0.1, 0.15) is 28.3 Å². The number of carbonyl (C=O) groups excluding carboxylic acids is 1. The Morgan fingerprint density at radius 2 is 2.00 bits per heavy atom. The summed E-state index contributed by atoms with van der Waals surface area (Å²) in [5.41, 5.74) is 3.39. The van der Waals surface area contributed by atoms with Crippen molar-refractivity contribution in [2.45, 2.75) is 19.3 Å². The van der Waals surface area contributed by atoms with Gasteiger partial charge in [-0.25, -0.2) is 0 Å². The second-order valence-electron chi connectivity index (χ2n) is 4.83. The van der Waals surface area contributed by atoms with Crippen molar-refractivity contribution in [2.24, 2.45) is 0 Å². The molecule has 2 nitrogen and oxygen atoms in total.